The van der Waals surface area contributed by atoms with Gasteiger partial charge in [0.05, 0.1) is 38.0 Å². The Bertz CT molecular complexity index is 1750. The van der Waals surface area contributed by atoms with Crippen LogP contribution < -0.4 is 15.0 Å². The Labute approximate surface area is 289 Å². The van der Waals surface area contributed by atoms with E-state index in [1.807, 2.05) is 78.9 Å². The molecular weight excluding hydrogens is 644 g/mol. The number of carbonyl (C=O) groups is 3. The van der Waals surface area contributed by atoms with Crippen molar-refractivity contribution in [3.8, 4) is 5.75 Å². The molecule has 2 N–H and O–H groups in total. The fraction of sp³-hybridized carbons (Fsp3) is 0.289. The molecule has 0 bridgehead atoms. The highest BCUT2D eigenvalue weighted by Crippen LogP contribution is 2.44. The number of hydrogen-bond donors (Lipinski definition) is 2. The summed E-state index contributed by atoms with van der Waals surface area (Å²) in [4.78, 5) is 40.7. The lowest BCUT2D eigenvalue weighted by atomic mass is 9.91. The molecule has 254 valence electrons. The lowest BCUT2D eigenvalue weighted by molar-refractivity contribution is -0.268. The molecule has 5 atom stereocenters. The molecule has 2 heterocycles. The molecule has 0 saturated carbocycles. The van der Waals surface area contributed by atoms with Crippen LogP contribution in [0, 0.1) is 5.92 Å². The van der Waals surface area contributed by atoms with Crippen molar-refractivity contribution in [1.82, 2.24) is 5.32 Å². The van der Waals surface area contributed by atoms with Gasteiger partial charge >= 0.3 is 6.09 Å². The maximum atomic E-state index is 13.2. The van der Waals surface area contributed by atoms with Gasteiger partial charge in [-0.1, -0.05) is 85.8 Å². The number of aliphatic hydroxyl groups is 1. The van der Waals surface area contributed by atoms with Gasteiger partial charge in [0.2, 0.25) is 5.91 Å². The molecule has 2 aliphatic heterocycles. The maximum Gasteiger partial charge on any atom is 0.408 e. The van der Waals surface area contributed by atoms with Crippen LogP contribution >= 0.6 is 11.8 Å². The van der Waals surface area contributed by atoms with Crippen molar-refractivity contribution in [2.75, 3.05) is 17.8 Å². The first-order chi connectivity index (χ1) is 23.8. The first-order valence-electron chi connectivity index (χ1n) is 16.0. The van der Waals surface area contributed by atoms with Crippen molar-refractivity contribution in [3.05, 3.63) is 125 Å². The minimum absolute atomic E-state index is 0.0126. The lowest BCUT2D eigenvalue weighted by Crippen LogP contribution is -2.42. The van der Waals surface area contributed by atoms with Crippen molar-refractivity contribution in [2.45, 2.75) is 56.0 Å². The molecule has 0 spiro atoms. The second-order valence-corrected chi connectivity index (χ2v) is 13.0. The highest BCUT2D eigenvalue weighted by Gasteiger charge is 2.42. The van der Waals surface area contributed by atoms with E-state index in [0.717, 1.165) is 37.8 Å². The molecule has 4 aromatic rings. The zero-order valence-electron chi connectivity index (χ0n) is 27.2. The van der Waals surface area contributed by atoms with Gasteiger partial charge < -0.3 is 29.4 Å². The van der Waals surface area contributed by atoms with E-state index in [9.17, 15) is 19.5 Å². The van der Waals surface area contributed by atoms with Crippen LogP contribution in [-0.2, 0) is 37.0 Å². The van der Waals surface area contributed by atoms with Crippen LogP contribution in [0.1, 0.15) is 48.0 Å². The average molecular weight is 683 g/mol. The SMILES string of the molecule is COc1ccccc1SCC1OC(c2ccc(N3C(=O)CC(NC(=O)OCc4ccccc4)C3=O)cc2)OC(c2ccc(CO)cc2)C1C. The van der Waals surface area contributed by atoms with E-state index in [-0.39, 0.29) is 37.8 Å². The molecule has 0 radical (unpaired) electrons. The van der Waals surface area contributed by atoms with Crippen LogP contribution in [0.2, 0.25) is 0 Å². The average Bonchev–Trinajstić information content (AvgIpc) is 3.42. The Morgan fingerprint density at radius 1 is 0.898 bits per heavy atom. The van der Waals surface area contributed by atoms with Gasteiger partial charge in [-0.15, -0.1) is 11.8 Å². The van der Waals surface area contributed by atoms with Gasteiger partial charge in [0.25, 0.3) is 5.91 Å². The third kappa shape index (κ3) is 7.97. The Morgan fingerprint density at radius 3 is 2.31 bits per heavy atom. The number of aliphatic hydroxyl groups excluding tert-OH is 1. The van der Waals surface area contributed by atoms with Gasteiger partial charge in [-0.05, 0) is 41.0 Å². The maximum absolute atomic E-state index is 13.2. The number of carbonyl (C=O) groups excluding carboxylic acids is 3. The number of rotatable bonds is 11. The summed E-state index contributed by atoms with van der Waals surface area (Å²) in [5.41, 5.74) is 3.69. The van der Waals surface area contributed by atoms with Crippen molar-refractivity contribution in [3.63, 3.8) is 0 Å². The summed E-state index contributed by atoms with van der Waals surface area (Å²) in [5.74, 6) is 0.464. The number of thioether (sulfide) groups is 1. The Balaban J connectivity index is 1.15. The highest BCUT2D eigenvalue weighted by atomic mass is 32.2. The van der Waals surface area contributed by atoms with Gasteiger partial charge in [-0.3, -0.25) is 9.59 Å². The molecule has 10 nitrogen and oxygen atoms in total. The number of para-hydroxylation sites is 1. The number of ether oxygens (including phenoxy) is 4. The summed E-state index contributed by atoms with van der Waals surface area (Å²) in [6.45, 7) is 2.10. The number of amides is 3. The molecule has 6 rings (SSSR count). The first kappa shape index (κ1) is 34.2. The molecule has 2 fully saturated rings. The van der Waals surface area contributed by atoms with Crippen LogP contribution in [0.5, 0.6) is 5.75 Å². The molecule has 2 aliphatic rings. The molecule has 5 unspecified atom stereocenters. The topological polar surface area (TPSA) is 124 Å². The molecule has 11 heteroatoms. The molecule has 0 aromatic heterocycles. The van der Waals surface area contributed by atoms with Crippen molar-refractivity contribution in [2.24, 2.45) is 5.92 Å². The normalized spacial score (nSPS) is 22.2. The number of anilines is 1. The second kappa shape index (κ2) is 15.7. The van der Waals surface area contributed by atoms with Crippen LogP contribution in [0.25, 0.3) is 0 Å². The number of methoxy groups -OCH3 is 1. The molecule has 4 aromatic carbocycles. The Kier molecular flexibility index (Phi) is 10.9. The van der Waals surface area contributed by atoms with E-state index in [0.29, 0.717) is 11.4 Å². The fourth-order valence-corrected chi connectivity index (χ4v) is 7.12. The monoisotopic (exact) mass is 682 g/mol. The van der Waals surface area contributed by atoms with Crippen molar-refractivity contribution in [1.29, 1.82) is 0 Å². The smallest absolute Gasteiger partial charge is 0.408 e. The number of nitrogens with one attached hydrogen (secondary N) is 1. The van der Waals surface area contributed by atoms with Crippen molar-refractivity contribution >= 4 is 35.4 Å². The predicted molar refractivity (Wildman–Crippen MR) is 184 cm³/mol. The standard InChI is InChI=1S/C38H38N2O8S/c1-24-32(23-49-33-11-7-6-10-31(33)45-2)47-37(48-35(24)27-14-12-25(21-41)13-15-27)28-16-18-29(19-17-28)40-34(42)20-30(36(40)43)39-38(44)46-22-26-8-4-3-5-9-26/h3-19,24,30,32,35,37,41H,20-23H2,1-2H3,(H,39,44). The quantitative estimate of drug-likeness (QED) is 0.138. The Hall–Kier alpha value is -4.68. The van der Waals surface area contributed by atoms with E-state index in [2.05, 4.69) is 12.2 Å². The van der Waals surface area contributed by atoms with Crippen LogP contribution in [-0.4, -0.2) is 48.0 Å². The fourth-order valence-electron chi connectivity index (χ4n) is 5.92. The van der Waals surface area contributed by atoms with Gasteiger partial charge in [0.1, 0.15) is 18.4 Å². The summed E-state index contributed by atoms with van der Waals surface area (Å²) >= 11 is 1.65. The first-order valence-corrected chi connectivity index (χ1v) is 17.0. The van der Waals surface area contributed by atoms with E-state index in [4.69, 9.17) is 18.9 Å². The summed E-state index contributed by atoms with van der Waals surface area (Å²) in [7, 11) is 1.65. The Morgan fingerprint density at radius 2 is 1.59 bits per heavy atom. The van der Waals surface area contributed by atoms with Gasteiger partial charge in [-0.25, -0.2) is 9.69 Å². The van der Waals surface area contributed by atoms with Crippen LogP contribution in [0.3, 0.4) is 0 Å². The summed E-state index contributed by atoms with van der Waals surface area (Å²) in [6, 6.07) is 30.6. The van der Waals surface area contributed by atoms with E-state index in [1.54, 1.807) is 43.1 Å². The zero-order valence-corrected chi connectivity index (χ0v) is 28.0. The second-order valence-electron chi connectivity index (χ2n) is 11.9. The number of nitrogens with zero attached hydrogens (tertiary/aromatic N) is 1. The predicted octanol–water partition coefficient (Wildman–Crippen LogP) is 6.33. The zero-order chi connectivity index (χ0) is 34.3. The van der Waals surface area contributed by atoms with Gasteiger partial charge in [0.15, 0.2) is 6.29 Å². The minimum atomic E-state index is -1.03. The molecular formula is C38H38N2O8S. The van der Waals surface area contributed by atoms with Crippen LogP contribution in [0.15, 0.2) is 108 Å². The van der Waals surface area contributed by atoms with Crippen LogP contribution in [0.4, 0.5) is 10.5 Å². The summed E-state index contributed by atoms with van der Waals surface area (Å²) < 4.78 is 23.9. The molecule has 49 heavy (non-hydrogen) atoms. The van der Waals surface area contributed by atoms with Gasteiger partial charge in [-0.2, -0.15) is 0 Å². The number of imide groups is 1. The highest BCUT2D eigenvalue weighted by molar-refractivity contribution is 7.99. The lowest BCUT2D eigenvalue weighted by Gasteiger charge is -2.41. The van der Waals surface area contributed by atoms with Crippen molar-refractivity contribution < 1.29 is 38.4 Å². The van der Waals surface area contributed by atoms with Gasteiger partial charge in [0, 0.05) is 22.1 Å². The molecule has 2 saturated heterocycles. The number of alkyl carbamates (subject to hydrolysis) is 1. The molecule has 3 amide bonds. The molecule has 0 aliphatic carbocycles. The van der Waals surface area contributed by atoms with E-state index < -0.39 is 30.2 Å². The van der Waals surface area contributed by atoms with E-state index in [1.165, 1.54) is 0 Å². The minimum Gasteiger partial charge on any atom is -0.496 e. The van der Waals surface area contributed by atoms with E-state index >= 15 is 0 Å². The number of hydrogen-bond acceptors (Lipinski definition) is 9. The number of benzene rings is 4. The third-order valence-electron chi connectivity index (χ3n) is 8.67. The third-order valence-corrected chi connectivity index (χ3v) is 9.81. The summed E-state index contributed by atoms with van der Waals surface area (Å²) in [5, 5.41) is 12.1. The summed E-state index contributed by atoms with van der Waals surface area (Å²) in [6.07, 6.45) is -2.17. The largest absolute Gasteiger partial charge is 0.496 e.